The fraction of sp³-hybridized carbons (Fsp3) is 0.294. The Balaban J connectivity index is 1.67. The minimum Gasteiger partial charge on any atom is -0.352 e. The number of amides is 1. The van der Waals surface area contributed by atoms with Crippen LogP contribution in [0.3, 0.4) is 0 Å². The number of rotatable bonds is 4. The third kappa shape index (κ3) is 2.62. The predicted molar refractivity (Wildman–Crippen MR) is 87.0 cm³/mol. The van der Waals surface area contributed by atoms with Gasteiger partial charge in [-0.15, -0.1) is 0 Å². The number of nitrogens with one attached hydrogen (secondary N) is 2. The van der Waals surface area contributed by atoms with E-state index in [9.17, 15) is 4.79 Å². The highest BCUT2D eigenvalue weighted by atomic mass is 16.1. The second-order valence-electron chi connectivity index (χ2n) is 5.62. The summed E-state index contributed by atoms with van der Waals surface area (Å²) >= 11 is 0. The number of H-pyrrole nitrogens is 1. The van der Waals surface area contributed by atoms with Gasteiger partial charge in [-0.05, 0) is 49.4 Å². The van der Waals surface area contributed by atoms with E-state index in [4.69, 9.17) is 0 Å². The summed E-state index contributed by atoms with van der Waals surface area (Å²) in [6.07, 6.45) is 2.78. The Morgan fingerprint density at radius 3 is 2.86 bits per heavy atom. The molecule has 0 unspecified atom stereocenters. The molecular formula is C17H20N4O. The smallest absolute Gasteiger partial charge is 0.251 e. The number of nitrogens with zero attached hydrogens (tertiary/aromatic N) is 2. The molecule has 0 bridgehead atoms. The average Bonchev–Trinajstić information content (AvgIpc) is 3.04. The van der Waals surface area contributed by atoms with Gasteiger partial charge < -0.3 is 9.88 Å². The van der Waals surface area contributed by atoms with Gasteiger partial charge in [0.15, 0.2) is 0 Å². The molecule has 0 aliphatic carbocycles. The van der Waals surface area contributed by atoms with Crippen LogP contribution in [-0.4, -0.2) is 27.2 Å². The molecule has 1 amide bonds. The fourth-order valence-electron chi connectivity index (χ4n) is 2.75. The molecule has 3 aromatic rings. The molecule has 3 rings (SSSR count). The lowest BCUT2D eigenvalue weighted by atomic mass is 10.1. The molecule has 0 radical (unpaired) electrons. The minimum absolute atomic E-state index is 0.0399. The van der Waals surface area contributed by atoms with Gasteiger partial charge in [0.05, 0.1) is 5.69 Å². The first-order valence-electron chi connectivity index (χ1n) is 7.40. The zero-order valence-corrected chi connectivity index (χ0v) is 13.1. The van der Waals surface area contributed by atoms with Crippen LogP contribution < -0.4 is 5.32 Å². The number of carbonyl (C=O) groups excluding carboxylic acids is 1. The Labute approximate surface area is 129 Å². The maximum atomic E-state index is 12.3. The minimum atomic E-state index is -0.0399. The van der Waals surface area contributed by atoms with E-state index in [2.05, 4.69) is 15.5 Å². The first-order valence-corrected chi connectivity index (χ1v) is 7.40. The monoisotopic (exact) mass is 296 g/mol. The lowest BCUT2D eigenvalue weighted by Crippen LogP contribution is -2.25. The number of hydrogen-bond donors (Lipinski definition) is 2. The van der Waals surface area contributed by atoms with Crippen LogP contribution in [0.5, 0.6) is 0 Å². The number of carbonyl (C=O) groups is 1. The van der Waals surface area contributed by atoms with Crippen molar-refractivity contribution >= 4 is 16.8 Å². The lowest BCUT2D eigenvalue weighted by Gasteiger charge is -2.06. The molecule has 2 heterocycles. The highest BCUT2D eigenvalue weighted by molar-refractivity contribution is 5.98. The van der Waals surface area contributed by atoms with Gasteiger partial charge in [-0.3, -0.25) is 9.89 Å². The van der Waals surface area contributed by atoms with Gasteiger partial charge in [-0.2, -0.15) is 5.10 Å². The van der Waals surface area contributed by atoms with Gasteiger partial charge in [-0.1, -0.05) is 6.07 Å². The first-order chi connectivity index (χ1) is 10.6. The molecule has 0 atom stereocenters. The standard InChI is InChI=1S/C17H20N4O/c1-11-15(12(2)20-19-11)6-8-18-17(22)14-5-4-13-7-9-21(3)16(13)10-14/h4-5,7,9-10H,6,8H2,1-3H3,(H,18,22)(H,19,20). The largest absolute Gasteiger partial charge is 0.352 e. The lowest BCUT2D eigenvalue weighted by molar-refractivity contribution is 0.0954. The summed E-state index contributed by atoms with van der Waals surface area (Å²) in [5, 5.41) is 11.3. The Bertz CT molecular complexity index is 809. The van der Waals surface area contributed by atoms with Crippen molar-refractivity contribution in [1.82, 2.24) is 20.1 Å². The SMILES string of the molecule is Cc1n[nH]c(C)c1CCNC(=O)c1ccc2ccn(C)c2c1. The highest BCUT2D eigenvalue weighted by Crippen LogP contribution is 2.16. The molecule has 0 aliphatic heterocycles. The molecule has 0 saturated carbocycles. The normalized spacial score (nSPS) is 11.0. The second-order valence-corrected chi connectivity index (χ2v) is 5.62. The number of benzene rings is 1. The summed E-state index contributed by atoms with van der Waals surface area (Å²) in [6.45, 7) is 4.58. The van der Waals surface area contributed by atoms with Gasteiger partial charge in [-0.25, -0.2) is 0 Å². The van der Waals surface area contributed by atoms with Crippen LogP contribution in [0, 0.1) is 13.8 Å². The molecule has 0 aliphatic rings. The molecule has 5 nitrogen and oxygen atoms in total. The topological polar surface area (TPSA) is 62.7 Å². The molecule has 1 aromatic carbocycles. The van der Waals surface area contributed by atoms with Gasteiger partial charge in [0.25, 0.3) is 5.91 Å². The van der Waals surface area contributed by atoms with E-state index in [1.807, 2.05) is 55.9 Å². The third-order valence-electron chi connectivity index (χ3n) is 4.09. The molecule has 114 valence electrons. The summed E-state index contributed by atoms with van der Waals surface area (Å²) in [5.74, 6) is -0.0399. The first kappa shape index (κ1) is 14.4. The number of aromatic nitrogens is 3. The highest BCUT2D eigenvalue weighted by Gasteiger charge is 2.09. The van der Waals surface area contributed by atoms with Crippen molar-refractivity contribution < 1.29 is 4.79 Å². The van der Waals surface area contributed by atoms with Crippen LogP contribution in [0.25, 0.3) is 10.9 Å². The summed E-state index contributed by atoms with van der Waals surface area (Å²) in [4.78, 5) is 12.3. The van der Waals surface area contributed by atoms with E-state index >= 15 is 0 Å². The van der Waals surface area contributed by atoms with Crippen LogP contribution in [0.1, 0.15) is 27.3 Å². The fourth-order valence-corrected chi connectivity index (χ4v) is 2.75. The quantitative estimate of drug-likeness (QED) is 0.777. The molecular weight excluding hydrogens is 276 g/mol. The zero-order chi connectivity index (χ0) is 15.7. The number of aryl methyl sites for hydroxylation is 3. The Morgan fingerprint density at radius 2 is 2.14 bits per heavy atom. The number of aromatic amines is 1. The van der Waals surface area contributed by atoms with Crippen LogP contribution in [0.4, 0.5) is 0 Å². The summed E-state index contributed by atoms with van der Waals surface area (Å²) in [6, 6.07) is 7.82. The van der Waals surface area contributed by atoms with E-state index in [0.717, 1.165) is 28.7 Å². The van der Waals surface area contributed by atoms with E-state index in [0.29, 0.717) is 12.1 Å². The Kier molecular flexibility index (Phi) is 3.71. The van der Waals surface area contributed by atoms with E-state index in [-0.39, 0.29) is 5.91 Å². The summed E-state index contributed by atoms with van der Waals surface area (Å²) < 4.78 is 2.02. The molecule has 0 saturated heterocycles. The van der Waals surface area contributed by atoms with Crippen molar-refractivity contribution in [3.8, 4) is 0 Å². The maximum absolute atomic E-state index is 12.3. The number of hydrogen-bond acceptors (Lipinski definition) is 2. The maximum Gasteiger partial charge on any atom is 0.251 e. The van der Waals surface area contributed by atoms with Crippen molar-refractivity contribution in [3.05, 3.63) is 53.0 Å². The molecule has 0 spiro atoms. The zero-order valence-electron chi connectivity index (χ0n) is 13.1. The second kappa shape index (κ2) is 5.67. The molecule has 5 heteroatoms. The molecule has 0 fully saturated rings. The molecule has 2 aromatic heterocycles. The van der Waals surface area contributed by atoms with Crippen LogP contribution in [0.15, 0.2) is 30.5 Å². The van der Waals surface area contributed by atoms with E-state index in [1.54, 1.807) is 0 Å². The van der Waals surface area contributed by atoms with E-state index in [1.165, 1.54) is 5.56 Å². The molecule has 2 N–H and O–H groups in total. The van der Waals surface area contributed by atoms with Crippen molar-refractivity contribution in [3.63, 3.8) is 0 Å². The van der Waals surface area contributed by atoms with Gasteiger partial charge in [0.2, 0.25) is 0 Å². The predicted octanol–water partition coefficient (Wildman–Crippen LogP) is 2.49. The van der Waals surface area contributed by atoms with Crippen LogP contribution in [0.2, 0.25) is 0 Å². The van der Waals surface area contributed by atoms with Gasteiger partial charge in [0, 0.05) is 36.6 Å². The van der Waals surface area contributed by atoms with Crippen molar-refractivity contribution in [1.29, 1.82) is 0 Å². The summed E-state index contributed by atoms with van der Waals surface area (Å²) in [5.41, 5.74) is 5.00. The van der Waals surface area contributed by atoms with Crippen LogP contribution in [-0.2, 0) is 13.5 Å². The average molecular weight is 296 g/mol. The third-order valence-corrected chi connectivity index (χ3v) is 4.09. The van der Waals surface area contributed by atoms with E-state index < -0.39 is 0 Å². The number of fused-ring (bicyclic) bond motifs is 1. The summed E-state index contributed by atoms with van der Waals surface area (Å²) in [7, 11) is 1.98. The molecule has 22 heavy (non-hydrogen) atoms. The van der Waals surface area contributed by atoms with Crippen molar-refractivity contribution in [2.45, 2.75) is 20.3 Å². The van der Waals surface area contributed by atoms with Crippen LogP contribution >= 0.6 is 0 Å². The van der Waals surface area contributed by atoms with Crippen molar-refractivity contribution in [2.75, 3.05) is 6.54 Å². The van der Waals surface area contributed by atoms with Gasteiger partial charge in [0.1, 0.15) is 0 Å². The van der Waals surface area contributed by atoms with Gasteiger partial charge >= 0.3 is 0 Å². The van der Waals surface area contributed by atoms with Crippen molar-refractivity contribution in [2.24, 2.45) is 7.05 Å². The Morgan fingerprint density at radius 1 is 1.32 bits per heavy atom. The Hall–Kier alpha value is -2.56.